The molecule has 21 heavy (non-hydrogen) atoms. The Morgan fingerprint density at radius 3 is 2.38 bits per heavy atom. The molecule has 1 N–H and O–H groups in total. The summed E-state index contributed by atoms with van der Waals surface area (Å²) in [5.74, 6) is -0.267. The molecule has 0 amide bonds. The predicted octanol–water partition coefficient (Wildman–Crippen LogP) is 2.62. The largest absolute Gasteiger partial charge is 0.390 e. The first kappa shape index (κ1) is 13.5. The highest BCUT2D eigenvalue weighted by Gasteiger charge is 2.14. The number of hydrogen-bond donors (Lipinski definition) is 1. The Bertz CT molecular complexity index is 723. The lowest BCUT2D eigenvalue weighted by atomic mass is 10.1. The Morgan fingerprint density at radius 1 is 1.00 bits per heavy atom. The van der Waals surface area contributed by atoms with Gasteiger partial charge in [-0.3, -0.25) is 0 Å². The fraction of sp³-hybridized carbons (Fsp3) is 0.125. The van der Waals surface area contributed by atoms with Crippen LogP contribution in [0, 0.1) is 5.82 Å². The van der Waals surface area contributed by atoms with Gasteiger partial charge in [0.05, 0.1) is 18.8 Å². The molecule has 1 heterocycles. The Morgan fingerprint density at radius 2 is 1.71 bits per heavy atom. The molecule has 0 bridgehead atoms. The lowest BCUT2D eigenvalue weighted by Crippen LogP contribution is -2.04. The van der Waals surface area contributed by atoms with Crippen molar-refractivity contribution >= 4 is 0 Å². The fourth-order valence-electron chi connectivity index (χ4n) is 2.24. The Labute approximate surface area is 121 Å². The molecule has 106 valence electrons. The Balaban J connectivity index is 1.99. The second-order valence-electron chi connectivity index (χ2n) is 4.69. The van der Waals surface area contributed by atoms with Crippen LogP contribution in [0.15, 0.2) is 54.6 Å². The van der Waals surface area contributed by atoms with Crippen LogP contribution < -0.4 is 0 Å². The number of aromatic nitrogens is 3. The number of benzene rings is 2. The second-order valence-corrected chi connectivity index (χ2v) is 4.69. The normalized spacial score (nSPS) is 10.8. The average molecular weight is 283 g/mol. The van der Waals surface area contributed by atoms with Crippen LogP contribution >= 0.6 is 0 Å². The van der Waals surface area contributed by atoms with Gasteiger partial charge in [0.15, 0.2) is 0 Å². The highest BCUT2D eigenvalue weighted by atomic mass is 19.1. The van der Waals surface area contributed by atoms with E-state index in [2.05, 4.69) is 10.3 Å². The third kappa shape index (κ3) is 2.83. The first-order chi connectivity index (χ1) is 10.3. The van der Waals surface area contributed by atoms with Crippen molar-refractivity contribution in [3.05, 3.63) is 71.7 Å². The third-order valence-electron chi connectivity index (χ3n) is 3.25. The summed E-state index contributed by atoms with van der Waals surface area (Å²) < 4.78 is 14.7. The molecule has 4 nitrogen and oxygen atoms in total. The molecule has 0 aliphatic rings. The molecule has 0 aliphatic heterocycles. The molecule has 3 rings (SSSR count). The molecule has 3 aromatic rings. The van der Waals surface area contributed by atoms with Crippen LogP contribution in [-0.2, 0) is 13.2 Å². The first-order valence-electron chi connectivity index (χ1n) is 6.61. The van der Waals surface area contributed by atoms with Gasteiger partial charge in [-0.05, 0) is 17.7 Å². The zero-order chi connectivity index (χ0) is 14.7. The second kappa shape index (κ2) is 5.85. The van der Waals surface area contributed by atoms with Gasteiger partial charge in [0, 0.05) is 5.56 Å². The van der Waals surface area contributed by atoms with Crippen molar-refractivity contribution in [3.63, 3.8) is 0 Å². The summed E-state index contributed by atoms with van der Waals surface area (Å²) in [6.07, 6.45) is 0. The standard InChI is InChI=1S/C16H14FN3O/c17-14-8-6-12(7-9-14)10-20-16(15(11-21)18-19-20)13-4-2-1-3-5-13/h1-9,21H,10-11H2. The minimum absolute atomic E-state index is 0.173. The van der Waals surface area contributed by atoms with E-state index in [0.29, 0.717) is 12.2 Å². The number of rotatable bonds is 4. The fourth-order valence-corrected chi connectivity index (χ4v) is 2.24. The van der Waals surface area contributed by atoms with E-state index in [1.54, 1.807) is 16.8 Å². The van der Waals surface area contributed by atoms with Crippen molar-refractivity contribution in [2.75, 3.05) is 0 Å². The molecule has 5 heteroatoms. The first-order valence-corrected chi connectivity index (χ1v) is 6.61. The van der Waals surface area contributed by atoms with E-state index in [0.717, 1.165) is 16.8 Å². The summed E-state index contributed by atoms with van der Waals surface area (Å²) in [7, 11) is 0. The van der Waals surface area contributed by atoms with E-state index in [1.807, 2.05) is 30.3 Å². The number of hydrogen-bond acceptors (Lipinski definition) is 3. The maximum Gasteiger partial charge on any atom is 0.123 e. The van der Waals surface area contributed by atoms with Gasteiger partial charge in [-0.15, -0.1) is 5.10 Å². The van der Waals surface area contributed by atoms with Crippen LogP contribution in [0.4, 0.5) is 4.39 Å². The van der Waals surface area contributed by atoms with Crippen molar-refractivity contribution in [2.45, 2.75) is 13.2 Å². The summed E-state index contributed by atoms with van der Waals surface area (Å²) in [5, 5.41) is 17.5. The highest BCUT2D eigenvalue weighted by Crippen LogP contribution is 2.23. The van der Waals surface area contributed by atoms with E-state index in [9.17, 15) is 9.50 Å². The van der Waals surface area contributed by atoms with E-state index >= 15 is 0 Å². The maximum absolute atomic E-state index is 13.0. The van der Waals surface area contributed by atoms with Crippen molar-refractivity contribution < 1.29 is 9.50 Å². The topological polar surface area (TPSA) is 50.9 Å². The van der Waals surface area contributed by atoms with Gasteiger partial charge in [0.25, 0.3) is 0 Å². The molecule has 0 radical (unpaired) electrons. The van der Waals surface area contributed by atoms with Crippen LogP contribution in [0.5, 0.6) is 0 Å². The summed E-state index contributed by atoms with van der Waals surface area (Å²) in [5.41, 5.74) is 3.17. The van der Waals surface area contributed by atoms with E-state index in [-0.39, 0.29) is 12.4 Å². The highest BCUT2D eigenvalue weighted by molar-refractivity contribution is 5.61. The number of aliphatic hydroxyl groups is 1. The zero-order valence-electron chi connectivity index (χ0n) is 11.3. The summed E-state index contributed by atoms with van der Waals surface area (Å²) in [6.45, 7) is 0.297. The monoisotopic (exact) mass is 283 g/mol. The molecular weight excluding hydrogens is 269 g/mol. The lowest BCUT2D eigenvalue weighted by molar-refractivity contribution is 0.277. The van der Waals surface area contributed by atoms with Crippen LogP contribution in [0.3, 0.4) is 0 Å². The minimum Gasteiger partial charge on any atom is -0.390 e. The van der Waals surface area contributed by atoms with Crippen molar-refractivity contribution in [3.8, 4) is 11.3 Å². The molecule has 0 aliphatic carbocycles. The quantitative estimate of drug-likeness (QED) is 0.800. The summed E-state index contributed by atoms with van der Waals surface area (Å²) >= 11 is 0. The molecule has 0 saturated heterocycles. The van der Waals surface area contributed by atoms with E-state index in [1.165, 1.54) is 12.1 Å². The summed E-state index contributed by atoms with van der Waals surface area (Å²) in [4.78, 5) is 0. The van der Waals surface area contributed by atoms with Gasteiger partial charge in [-0.25, -0.2) is 9.07 Å². The van der Waals surface area contributed by atoms with Crippen molar-refractivity contribution in [1.82, 2.24) is 15.0 Å². The molecule has 1 aromatic heterocycles. The number of halogens is 1. The average Bonchev–Trinajstić information content (AvgIpc) is 2.93. The van der Waals surface area contributed by atoms with Gasteiger partial charge in [-0.1, -0.05) is 47.7 Å². The van der Waals surface area contributed by atoms with Gasteiger partial charge >= 0.3 is 0 Å². The van der Waals surface area contributed by atoms with Crippen molar-refractivity contribution in [2.24, 2.45) is 0 Å². The Hall–Kier alpha value is -2.53. The number of nitrogens with zero attached hydrogens (tertiary/aromatic N) is 3. The van der Waals surface area contributed by atoms with Gasteiger partial charge in [0.1, 0.15) is 11.5 Å². The van der Waals surface area contributed by atoms with Gasteiger partial charge in [-0.2, -0.15) is 0 Å². The molecular formula is C16H14FN3O. The van der Waals surface area contributed by atoms with Crippen molar-refractivity contribution in [1.29, 1.82) is 0 Å². The molecule has 0 fully saturated rings. The zero-order valence-corrected chi connectivity index (χ0v) is 11.3. The smallest absolute Gasteiger partial charge is 0.123 e. The van der Waals surface area contributed by atoms with Crippen LogP contribution in [0.1, 0.15) is 11.3 Å². The Kier molecular flexibility index (Phi) is 3.75. The van der Waals surface area contributed by atoms with Gasteiger partial charge < -0.3 is 5.11 Å². The third-order valence-corrected chi connectivity index (χ3v) is 3.25. The maximum atomic E-state index is 13.0. The predicted molar refractivity (Wildman–Crippen MR) is 76.9 cm³/mol. The van der Waals surface area contributed by atoms with E-state index in [4.69, 9.17) is 0 Å². The SMILES string of the molecule is OCc1nnn(Cc2ccc(F)cc2)c1-c1ccccc1. The van der Waals surface area contributed by atoms with E-state index < -0.39 is 0 Å². The lowest BCUT2D eigenvalue weighted by Gasteiger charge is -2.08. The van der Waals surface area contributed by atoms with Crippen LogP contribution in [-0.4, -0.2) is 20.1 Å². The number of aliphatic hydroxyl groups excluding tert-OH is 1. The van der Waals surface area contributed by atoms with Crippen LogP contribution in [0.2, 0.25) is 0 Å². The van der Waals surface area contributed by atoms with Gasteiger partial charge in [0.2, 0.25) is 0 Å². The molecule has 0 unspecified atom stereocenters. The summed E-state index contributed by atoms with van der Waals surface area (Å²) in [6, 6.07) is 15.9. The molecule has 0 spiro atoms. The molecule has 0 atom stereocenters. The molecule has 2 aromatic carbocycles. The minimum atomic E-state index is -0.267. The van der Waals surface area contributed by atoms with Crippen LogP contribution in [0.25, 0.3) is 11.3 Å². The molecule has 0 saturated carbocycles.